The molecule has 0 aliphatic carbocycles. The lowest BCUT2D eigenvalue weighted by Gasteiger charge is -2.22. The van der Waals surface area contributed by atoms with Gasteiger partial charge in [0.25, 0.3) is 11.7 Å². The minimum absolute atomic E-state index is 0.170. The number of aromatic nitrogens is 4. The molecule has 0 bridgehead atoms. The van der Waals surface area contributed by atoms with E-state index in [9.17, 15) is 4.79 Å². The number of hydrogen-bond donors (Lipinski definition) is 0. The average Bonchev–Trinajstić information content (AvgIpc) is 3.09. The SMILES string of the molecule is Cc1ccc(N(Cc2nc3nc(C)cc(C)n3n2)C(=O)c2cccc(Cl)c2)cc1. The van der Waals surface area contributed by atoms with E-state index in [1.165, 1.54) is 0 Å². The molecule has 0 aliphatic heterocycles. The monoisotopic (exact) mass is 405 g/mol. The van der Waals surface area contributed by atoms with Crippen LogP contribution in [0.3, 0.4) is 0 Å². The van der Waals surface area contributed by atoms with E-state index in [1.807, 2.05) is 51.1 Å². The Kier molecular flexibility index (Phi) is 5.03. The molecule has 7 heteroatoms. The van der Waals surface area contributed by atoms with E-state index in [4.69, 9.17) is 11.6 Å². The second-order valence-corrected chi connectivity index (χ2v) is 7.45. The van der Waals surface area contributed by atoms with Crippen LogP contribution in [0.4, 0.5) is 5.69 Å². The highest BCUT2D eigenvalue weighted by Gasteiger charge is 2.21. The zero-order valence-electron chi connectivity index (χ0n) is 16.4. The molecule has 1 amide bonds. The topological polar surface area (TPSA) is 63.4 Å². The van der Waals surface area contributed by atoms with E-state index in [0.717, 1.165) is 22.6 Å². The first-order chi connectivity index (χ1) is 13.9. The van der Waals surface area contributed by atoms with Gasteiger partial charge in [0.15, 0.2) is 5.82 Å². The van der Waals surface area contributed by atoms with Crippen LogP contribution in [-0.2, 0) is 6.54 Å². The number of aryl methyl sites for hydroxylation is 3. The maximum atomic E-state index is 13.3. The van der Waals surface area contributed by atoms with Crippen molar-refractivity contribution in [2.75, 3.05) is 4.90 Å². The van der Waals surface area contributed by atoms with E-state index in [-0.39, 0.29) is 12.5 Å². The summed E-state index contributed by atoms with van der Waals surface area (Å²) in [5.41, 5.74) is 4.20. The lowest BCUT2D eigenvalue weighted by Crippen LogP contribution is -2.31. The molecule has 146 valence electrons. The summed E-state index contributed by atoms with van der Waals surface area (Å²) in [4.78, 5) is 23.9. The largest absolute Gasteiger partial charge is 0.301 e. The third kappa shape index (κ3) is 3.98. The lowest BCUT2D eigenvalue weighted by atomic mass is 10.1. The highest BCUT2D eigenvalue weighted by Crippen LogP contribution is 2.22. The fourth-order valence-corrected chi connectivity index (χ4v) is 3.39. The molecule has 2 aromatic carbocycles. The molecule has 4 aromatic rings. The Hall–Kier alpha value is -3.25. The summed E-state index contributed by atoms with van der Waals surface area (Å²) in [7, 11) is 0. The first-order valence-electron chi connectivity index (χ1n) is 9.25. The van der Waals surface area contributed by atoms with Crippen LogP contribution in [0.15, 0.2) is 54.6 Å². The Bertz CT molecular complexity index is 1200. The lowest BCUT2D eigenvalue weighted by molar-refractivity contribution is 0.0984. The fourth-order valence-electron chi connectivity index (χ4n) is 3.20. The molecular formula is C22H20ClN5O. The number of benzene rings is 2. The normalized spacial score (nSPS) is 11.0. The summed E-state index contributed by atoms with van der Waals surface area (Å²) in [5.74, 6) is 0.870. The van der Waals surface area contributed by atoms with Crippen molar-refractivity contribution in [3.63, 3.8) is 0 Å². The number of hydrogen-bond acceptors (Lipinski definition) is 4. The standard InChI is InChI=1S/C22H20ClN5O/c1-14-7-9-19(10-8-14)27(21(29)17-5-4-6-18(23)12-17)13-20-25-22-24-15(2)11-16(3)28(22)26-20/h4-12H,13H2,1-3H3. The molecule has 4 rings (SSSR count). The zero-order valence-corrected chi connectivity index (χ0v) is 17.2. The number of nitrogens with zero attached hydrogens (tertiary/aromatic N) is 5. The first kappa shape index (κ1) is 19.1. The molecule has 0 saturated carbocycles. The molecule has 0 atom stereocenters. The van der Waals surface area contributed by atoms with Crippen LogP contribution in [0.2, 0.25) is 5.02 Å². The molecular weight excluding hydrogens is 386 g/mol. The third-order valence-electron chi connectivity index (χ3n) is 4.62. The van der Waals surface area contributed by atoms with E-state index >= 15 is 0 Å². The molecule has 2 aromatic heterocycles. The van der Waals surface area contributed by atoms with Gasteiger partial charge in [0, 0.05) is 27.7 Å². The van der Waals surface area contributed by atoms with Gasteiger partial charge in [-0.05, 0) is 57.2 Å². The number of halogens is 1. The van der Waals surface area contributed by atoms with Crippen molar-refractivity contribution in [3.05, 3.63) is 88.0 Å². The molecule has 0 fully saturated rings. The summed E-state index contributed by atoms with van der Waals surface area (Å²) in [6.45, 7) is 6.10. The highest BCUT2D eigenvalue weighted by atomic mass is 35.5. The van der Waals surface area contributed by atoms with Crippen molar-refractivity contribution >= 4 is 29.0 Å². The zero-order chi connectivity index (χ0) is 20.5. The van der Waals surface area contributed by atoms with Gasteiger partial charge in [0.2, 0.25) is 0 Å². The van der Waals surface area contributed by atoms with Gasteiger partial charge in [-0.15, -0.1) is 5.10 Å². The molecule has 2 heterocycles. The van der Waals surface area contributed by atoms with Crippen LogP contribution in [0.25, 0.3) is 5.78 Å². The Morgan fingerprint density at radius 2 is 1.79 bits per heavy atom. The van der Waals surface area contributed by atoms with Crippen molar-refractivity contribution in [2.24, 2.45) is 0 Å². The molecule has 0 unspecified atom stereocenters. The van der Waals surface area contributed by atoms with Crippen LogP contribution in [-0.4, -0.2) is 25.5 Å². The van der Waals surface area contributed by atoms with Crippen molar-refractivity contribution < 1.29 is 4.79 Å². The van der Waals surface area contributed by atoms with E-state index in [1.54, 1.807) is 33.7 Å². The molecule has 0 spiro atoms. The number of carbonyl (C=O) groups is 1. The Morgan fingerprint density at radius 1 is 1.03 bits per heavy atom. The van der Waals surface area contributed by atoms with Gasteiger partial charge in [-0.3, -0.25) is 4.79 Å². The van der Waals surface area contributed by atoms with Crippen LogP contribution in [0.1, 0.15) is 33.1 Å². The van der Waals surface area contributed by atoms with E-state index < -0.39 is 0 Å². The second kappa shape index (κ2) is 7.64. The molecule has 29 heavy (non-hydrogen) atoms. The minimum Gasteiger partial charge on any atom is -0.301 e. The summed E-state index contributed by atoms with van der Waals surface area (Å²) in [5, 5.41) is 5.07. The molecule has 0 aliphatic rings. The smallest absolute Gasteiger partial charge is 0.258 e. The maximum Gasteiger partial charge on any atom is 0.258 e. The number of fused-ring (bicyclic) bond motifs is 1. The summed E-state index contributed by atoms with van der Waals surface area (Å²) >= 11 is 6.10. The van der Waals surface area contributed by atoms with E-state index in [0.29, 0.717) is 22.2 Å². The molecule has 0 radical (unpaired) electrons. The molecule has 6 nitrogen and oxygen atoms in total. The Balaban J connectivity index is 1.75. The number of amides is 1. The van der Waals surface area contributed by atoms with Crippen molar-refractivity contribution in [3.8, 4) is 0 Å². The predicted molar refractivity (Wildman–Crippen MR) is 113 cm³/mol. The van der Waals surface area contributed by atoms with Crippen LogP contribution in [0, 0.1) is 20.8 Å². The van der Waals surface area contributed by atoms with Gasteiger partial charge in [0.1, 0.15) is 0 Å². The Labute approximate surface area is 173 Å². The van der Waals surface area contributed by atoms with Gasteiger partial charge in [-0.25, -0.2) is 9.50 Å². The summed E-state index contributed by atoms with van der Waals surface area (Å²) in [6, 6.07) is 16.7. The number of anilines is 1. The van der Waals surface area contributed by atoms with Crippen LogP contribution >= 0.6 is 11.6 Å². The summed E-state index contributed by atoms with van der Waals surface area (Å²) in [6.07, 6.45) is 0. The highest BCUT2D eigenvalue weighted by molar-refractivity contribution is 6.31. The van der Waals surface area contributed by atoms with Crippen LogP contribution < -0.4 is 4.90 Å². The van der Waals surface area contributed by atoms with Gasteiger partial charge in [-0.1, -0.05) is 35.4 Å². The maximum absolute atomic E-state index is 13.3. The second-order valence-electron chi connectivity index (χ2n) is 7.02. The van der Waals surface area contributed by atoms with Crippen LogP contribution in [0.5, 0.6) is 0 Å². The minimum atomic E-state index is -0.170. The fraction of sp³-hybridized carbons (Fsp3) is 0.182. The molecule has 0 saturated heterocycles. The quantitative estimate of drug-likeness (QED) is 0.499. The van der Waals surface area contributed by atoms with Crippen molar-refractivity contribution in [1.82, 2.24) is 19.6 Å². The first-order valence-corrected chi connectivity index (χ1v) is 9.62. The molecule has 0 N–H and O–H groups in total. The van der Waals surface area contributed by atoms with Crippen molar-refractivity contribution in [2.45, 2.75) is 27.3 Å². The van der Waals surface area contributed by atoms with E-state index in [2.05, 4.69) is 15.1 Å². The number of carbonyl (C=O) groups excluding carboxylic acids is 1. The third-order valence-corrected chi connectivity index (χ3v) is 4.86. The van der Waals surface area contributed by atoms with Gasteiger partial charge in [0.05, 0.1) is 6.54 Å². The van der Waals surface area contributed by atoms with Gasteiger partial charge >= 0.3 is 0 Å². The Morgan fingerprint density at radius 3 is 2.52 bits per heavy atom. The predicted octanol–water partition coefficient (Wildman–Crippen LogP) is 4.55. The summed E-state index contributed by atoms with van der Waals surface area (Å²) < 4.78 is 1.69. The van der Waals surface area contributed by atoms with Gasteiger partial charge < -0.3 is 4.90 Å². The van der Waals surface area contributed by atoms with Gasteiger partial charge in [-0.2, -0.15) is 4.98 Å². The number of rotatable bonds is 4. The van der Waals surface area contributed by atoms with Crippen molar-refractivity contribution in [1.29, 1.82) is 0 Å². The average molecular weight is 406 g/mol.